The zero-order valence-electron chi connectivity index (χ0n) is 23.4. The first-order valence-corrected chi connectivity index (χ1v) is 14.8. The normalized spacial score (nSPS) is 12.3. The maximum atomic E-state index is 14.1. The van der Waals surface area contributed by atoms with Gasteiger partial charge in [0.2, 0.25) is 11.8 Å². The zero-order valence-corrected chi connectivity index (χ0v) is 25.0. The number of benzene rings is 3. The molecule has 3 aromatic carbocycles. The minimum Gasteiger partial charge on any atom is -0.497 e. The van der Waals surface area contributed by atoms with Gasteiger partial charge in [0.05, 0.1) is 17.7 Å². The predicted molar refractivity (Wildman–Crippen MR) is 158 cm³/mol. The van der Waals surface area contributed by atoms with Crippen LogP contribution in [0.25, 0.3) is 0 Å². The summed E-state index contributed by atoms with van der Waals surface area (Å²) in [4.78, 5) is 28.9. The summed E-state index contributed by atoms with van der Waals surface area (Å²) in [6.45, 7) is 6.85. The van der Waals surface area contributed by atoms with Crippen molar-refractivity contribution in [2.24, 2.45) is 0 Å². The predicted octanol–water partition coefficient (Wildman–Crippen LogP) is 5.27. The van der Waals surface area contributed by atoms with Gasteiger partial charge in [-0.2, -0.15) is 0 Å². The molecule has 0 unspecified atom stereocenters. The molecule has 0 aromatic heterocycles. The smallest absolute Gasteiger partial charge is 0.264 e. The summed E-state index contributed by atoms with van der Waals surface area (Å²) >= 11 is 6.44. The molecule has 0 radical (unpaired) electrons. The third-order valence-corrected chi connectivity index (χ3v) is 8.29. The maximum absolute atomic E-state index is 14.1. The van der Waals surface area contributed by atoms with Gasteiger partial charge >= 0.3 is 0 Å². The molecule has 0 aliphatic rings. The van der Waals surface area contributed by atoms with Crippen LogP contribution in [0.4, 0.5) is 5.69 Å². The van der Waals surface area contributed by atoms with Crippen molar-refractivity contribution < 1.29 is 22.7 Å². The van der Waals surface area contributed by atoms with E-state index in [2.05, 4.69) is 5.32 Å². The number of carbonyl (C=O) groups excluding carboxylic acids is 2. The van der Waals surface area contributed by atoms with E-state index in [1.165, 1.54) is 24.1 Å². The largest absolute Gasteiger partial charge is 0.497 e. The van der Waals surface area contributed by atoms with Gasteiger partial charge < -0.3 is 15.0 Å². The molecule has 0 bridgehead atoms. The molecule has 1 N–H and O–H groups in total. The molecule has 214 valence electrons. The van der Waals surface area contributed by atoms with E-state index in [1.54, 1.807) is 73.7 Å². The average Bonchev–Trinajstić information content (AvgIpc) is 2.92. The van der Waals surface area contributed by atoms with Crippen LogP contribution in [0.2, 0.25) is 5.02 Å². The lowest BCUT2D eigenvalue weighted by molar-refractivity contribution is -0.141. The van der Waals surface area contributed by atoms with Crippen LogP contribution in [0, 0.1) is 0 Å². The van der Waals surface area contributed by atoms with Crippen molar-refractivity contribution in [3.63, 3.8) is 0 Å². The summed E-state index contributed by atoms with van der Waals surface area (Å²) in [7, 11) is -2.69. The van der Waals surface area contributed by atoms with Crippen molar-refractivity contribution in [2.75, 3.05) is 18.0 Å². The molecular formula is C30H36ClN3O5S. The number of anilines is 1. The lowest BCUT2D eigenvalue weighted by Gasteiger charge is -2.35. The minimum absolute atomic E-state index is 0.0198. The Bertz CT molecular complexity index is 1420. The number of methoxy groups -OCH3 is 1. The fraction of sp³-hybridized carbons (Fsp3) is 0.333. The van der Waals surface area contributed by atoms with E-state index in [1.807, 2.05) is 20.8 Å². The molecule has 0 fully saturated rings. The summed E-state index contributed by atoms with van der Waals surface area (Å²) in [5, 5.41) is 3.39. The third kappa shape index (κ3) is 7.76. The lowest BCUT2D eigenvalue weighted by atomic mass is 10.1. The standard InChI is InChI=1S/C30H36ClN3O5S/c1-6-27(29(36)32-30(2,3)4)33(20-22-13-10-11-18-26(22)31)28(35)21-34(23-14-12-15-24(19-23)39-5)40(37,38)25-16-8-7-9-17-25/h7-19,27H,6,20-21H2,1-5H3,(H,32,36)/t27-/m0/s1. The van der Waals surface area contributed by atoms with E-state index in [0.29, 0.717) is 22.8 Å². The third-order valence-electron chi connectivity index (χ3n) is 6.13. The summed E-state index contributed by atoms with van der Waals surface area (Å²) in [5.41, 5.74) is 0.354. The quantitative estimate of drug-likeness (QED) is 0.331. The van der Waals surface area contributed by atoms with E-state index in [4.69, 9.17) is 16.3 Å². The summed E-state index contributed by atoms with van der Waals surface area (Å²) in [6, 6.07) is 20.6. The van der Waals surface area contributed by atoms with Gasteiger partial charge in [-0.05, 0) is 63.1 Å². The molecule has 0 saturated heterocycles. The zero-order chi connectivity index (χ0) is 29.5. The Balaban J connectivity index is 2.09. The number of carbonyl (C=O) groups is 2. The summed E-state index contributed by atoms with van der Waals surface area (Å²) in [5.74, 6) is -0.463. The molecule has 1 atom stereocenters. The van der Waals surface area contributed by atoms with Crippen molar-refractivity contribution in [1.29, 1.82) is 0 Å². The molecule has 0 aliphatic carbocycles. The molecule has 3 rings (SSSR count). The minimum atomic E-state index is -4.17. The molecule has 3 aromatic rings. The lowest BCUT2D eigenvalue weighted by Crippen LogP contribution is -2.55. The fourth-order valence-corrected chi connectivity index (χ4v) is 5.82. The number of nitrogens with zero attached hydrogens (tertiary/aromatic N) is 2. The Morgan fingerprint density at radius 2 is 1.62 bits per heavy atom. The van der Waals surface area contributed by atoms with Gasteiger partial charge in [0.25, 0.3) is 10.0 Å². The molecule has 40 heavy (non-hydrogen) atoms. The van der Waals surface area contributed by atoms with Gasteiger partial charge in [-0.3, -0.25) is 13.9 Å². The second-order valence-corrected chi connectivity index (χ2v) is 12.6. The molecule has 0 heterocycles. The highest BCUT2D eigenvalue weighted by Crippen LogP contribution is 2.28. The molecule has 0 spiro atoms. The van der Waals surface area contributed by atoms with Crippen LogP contribution in [0.15, 0.2) is 83.8 Å². The number of amides is 2. The second-order valence-electron chi connectivity index (χ2n) is 10.3. The number of hydrogen-bond acceptors (Lipinski definition) is 5. The molecule has 0 aliphatic heterocycles. The number of sulfonamides is 1. The molecule has 8 nitrogen and oxygen atoms in total. The van der Waals surface area contributed by atoms with Crippen LogP contribution in [-0.4, -0.2) is 50.4 Å². The number of nitrogens with one attached hydrogen (secondary N) is 1. The molecule has 2 amide bonds. The highest BCUT2D eigenvalue weighted by molar-refractivity contribution is 7.92. The van der Waals surface area contributed by atoms with Crippen molar-refractivity contribution in [3.8, 4) is 5.75 Å². The van der Waals surface area contributed by atoms with Gasteiger partial charge in [0, 0.05) is 23.2 Å². The van der Waals surface area contributed by atoms with Gasteiger partial charge in [-0.15, -0.1) is 0 Å². The van der Waals surface area contributed by atoms with Crippen molar-refractivity contribution in [2.45, 2.75) is 57.1 Å². The first-order chi connectivity index (χ1) is 18.9. The molecule has 0 saturated carbocycles. The Hall–Kier alpha value is -3.56. The number of ether oxygens (including phenoxy) is 1. The Kier molecular flexibility index (Phi) is 10.2. The Labute approximate surface area is 241 Å². The van der Waals surface area contributed by atoms with Gasteiger partial charge in [0.1, 0.15) is 18.3 Å². The van der Waals surface area contributed by atoms with Gasteiger partial charge in [0.15, 0.2) is 0 Å². The topological polar surface area (TPSA) is 96.0 Å². The highest BCUT2D eigenvalue weighted by Gasteiger charge is 2.35. The Morgan fingerprint density at radius 3 is 2.23 bits per heavy atom. The number of halogens is 1. The number of rotatable bonds is 11. The molecule has 10 heteroatoms. The maximum Gasteiger partial charge on any atom is 0.264 e. The van der Waals surface area contributed by atoms with Crippen LogP contribution >= 0.6 is 11.6 Å². The Morgan fingerprint density at radius 1 is 0.975 bits per heavy atom. The fourth-order valence-electron chi connectivity index (χ4n) is 4.20. The van der Waals surface area contributed by atoms with E-state index in [0.717, 1.165) is 4.31 Å². The SMILES string of the molecule is CC[C@@H](C(=O)NC(C)(C)C)N(Cc1ccccc1Cl)C(=O)CN(c1cccc(OC)c1)S(=O)(=O)c1ccccc1. The highest BCUT2D eigenvalue weighted by atomic mass is 35.5. The van der Waals surface area contributed by atoms with Gasteiger partial charge in [-0.1, -0.05) is 61.0 Å². The van der Waals surface area contributed by atoms with Crippen LogP contribution < -0.4 is 14.4 Å². The van der Waals surface area contributed by atoms with E-state index < -0.39 is 34.1 Å². The van der Waals surface area contributed by atoms with Crippen LogP contribution in [0.3, 0.4) is 0 Å². The van der Waals surface area contributed by atoms with Crippen molar-refractivity contribution in [3.05, 3.63) is 89.4 Å². The number of hydrogen-bond donors (Lipinski definition) is 1. The first-order valence-electron chi connectivity index (χ1n) is 12.9. The first kappa shape index (κ1) is 31.0. The van der Waals surface area contributed by atoms with Crippen LogP contribution in [-0.2, 0) is 26.2 Å². The summed E-state index contributed by atoms with van der Waals surface area (Å²) < 4.78 is 34.1. The average molecular weight is 586 g/mol. The van der Waals surface area contributed by atoms with E-state index >= 15 is 0 Å². The van der Waals surface area contributed by atoms with Crippen LogP contribution in [0.1, 0.15) is 39.7 Å². The summed E-state index contributed by atoms with van der Waals surface area (Å²) in [6.07, 6.45) is 0.308. The van der Waals surface area contributed by atoms with Crippen LogP contribution in [0.5, 0.6) is 5.75 Å². The van der Waals surface area contributed by atoms with E-state index in [9.17, 15) is 18.0 Å². The monoisotopic (exact) mass is 585 g/mol. The second kappa shape index (κ2) is 13.2. The molecular weight excluding hydrogens is 550 g/mol. The van der Waals surface area contributed by atoms with Gasteiger partial charge in [-0.25, -0.2) is 8.42 Å². The van der Waals surface area contributed by atoms with Crippen molar-refractivity contribution in [1.82, 2.24) is 10.2 Å². The van der Waals surface area contributed by atoms with Crippen molar-refractivity contribution >= 4 is 39.1 Å². The van der Waals surface area contributed by atoms with E-state index in [-0.39, 0.29) is 23.0 Å².